The van der Waals surface area contributed by atoms with E-state index in [2.05, 4.69) is 6.07 Å². The zero-order valence-corrected chi connectivity index (χ0v) is 9.90. The Labute approximate surface area is 96.2 Å². The second-order valence-corrected chi connectivity index (χ2v) is 3.77. The van der Waals surface area contributed by atoms with Gasteiger partial charge in [-0.15, -0.1) is 0 Å². The van der Waals surface area contributed by atoms with Crippen molar-refractivity contribution in [3.63, 3.8) is 0 Å². The molecule has 0 bridgehead atoms. The van der Waals surface area contributed by atoms with E-state index in [1.165, 1.54) is 0 Å². The second-order valence-electron chi connectivity index (χ2n) is 3.77. The number of anilines is 2. The van der Waals surface area contributed by atoms with E-state index >= 15 is 0 Å². The fraction of sp³-hybridized carbons (Fsp3) is 0.417. The van der Waals surface area contributed by atoms with Crippen LogP contribution in [0, 0.1) is 11.3 Å². The van der Waals surface area contributed by atoms with Crippen LogP contribution in [0.1, 0.15) is 12.5 Å². The largest absolute Gasteiger partial charge is 0.396 e. The number of hydrogen-bond acceptors (Lipinski definition) is 4. The minimum absolute atomic E-state index is 0.209. The number of benzene rings is 1. The van der Waals surface area contributed by atoms with Gasteiger partial charge in [0.1, 0.15) is 6.07 Å². The molecule has 1 aromatic carbocycles. The first-order chi connectivity index (χ1) is 7.61. The predicted octanol–water partition coefficient (Wildman–Crippen LogP) is 1.61. The molecule has 0 amide bonds. The fourth-order valence-corrected chi connectivity index (χ4v) is 1.55. The average molecular weight is 219 g/mol. The van der Waals surface area contributed by atoms with Crippen LogP contribution in [0.3, 0.4) is 0 Å². The highest BCUT2D eigenvalue weighted by atomic mass is 16.5. The zero-order chi connectivity index (χ0) is 12.1. The summed E-state index contributed by atoms with van der Waals surface area (Å²) in [5.41, 5.74) is 7.82. The first-order valence-electron chi connectivity index (χ1n) is 5.12. The van der Waals surface area contributed by atoms with Crippen molar-refractivity contribution in [2.24, 2.45) is 0 Å². The van der Waals surface area contributed by atoms with Gasteiger partial charge in [-0.1, -0.05) is 6.07 Å². The van der Waals surface area contributed by atoms with Crippen LogP contribution in [-0.2, 0) is 4.74 Å². The van der Waals surface area contributed by atoms with Gasteiger partial charge in [-0.25, -0.2) is 0 Å². The van der Waals surface area contributed by atoms with E-state index in [1.54, 1.807) is 13.2 Å². The van der Waals surface area contributed by atoms with E-state index in [9.17, 15) is 0 Å². The molecule has 1 aromatic rings. The van der Waals surface area contributed by atoms with Crippen molar-refractivity contribution in [2.75, 3.05) is 31.4 Å². The normalized spacial score (nSPS) is 11.9. The molecular formula is C12H17N3O. The Kier molecular flexibility index (Phi) is 4.15. The van der Waals surface area contributed by atoms with Crippen molar-refractivity contribution < 1.29 is 4.74 Å². The first-order valence-corrected chi connectivity index (χ1v) is 5.12. The maximum absolute atomic E-state index is 8.89. The molecule has 0 aromatic heterocycles. The van der Waals surface area contributed by atoms with Gasteiger partial charge in [0, 0.05) is 20.2 Å². The number of nitrogen functional groups attached to an aromatic ring is 1. The summed E-state index contributed by atoms with van der Waals surface area (Å²) in [7, 11) is 3.61. The molecule has 0 aliphatic rings. The Morgan fingerprint density at radius 2 is 2.25 bits per heavy atom. The Balaban J connectivity index is 3.00. The molecule has 0 spiro atoms. The van der Waals surface area contributed by atoms with Gasteiger partial charge in [0.2, 0.25) is 0 Å². The number of nitrogens with zero attached hydrogens (tertiary/aromatic N) is 2. The minimum Gasteiger partial charge on any atom is -0.396 e. The van der Waals surface area contributed by atoms with Gasteiger partial charge in [-0.05, 0) is 19.1 Å². The molecule has 0 aliphatic heterocycles. The number of nitrogens with two attached hydrogens (primary N) is 1. The maximum atomic E-state index is 8.89. The first kappa shape index (κ1) is 12.3. The highest BCUT2D eigenvalue weighted by Crippen LogP contribution is 2.26. The Morgan fingerprint density at radius 1 is 1.56 bits per heavy atom. The molecule has 0 aliphatic carbocycles. The number of methoxy groups -OCH3 is 1. The van der Waals surface area contributed by atoms with Crippen LogP contribution < -0.4 is 10.6 Å². The number of nitriles is 1. The Morgan fingerprint density at radius 3 is 2.81 bits per heavy atom. The van der Waals surface area contributed by atoms with E-state index in [0.717, 1.165) is 5.69 Å². The van der Waals surface area contributed by atoms with Crippen LogP contribution in [0.15, 0.2) is 18.2 Å². The number of likely N-dealkylation sites (N-methyl/N-ethyl adjacent to an activating group) is 1. The molecule has 86 valence electrons. The third-order valence-corrected chi connectivity index (χ3v) is 2.65. The van der Waals surface area contributed by atoms with Crippen molar-refractivity contribution >= 4 is 11.4 Å². The lowest BCUT2D eigenvalue weighted by atomic mass is 10.1. The van der Waals surface area contributed by atoms with Crippen molar-refractivity contribution in [1.82, 2.24) is 0 Å². The molecule has 1 atom stereocenters. The third-order valence-electron chi connectivity index (χ3n) is 2.65. The van der Waals surface area contributed by atoms with Crippen LogP contribution >= 0.6 is 0 Å². The molecule has 16 heavy (non-hydrogen) atoms. The van der Waals surface area contributed by atoms with Gasteiger partial charge in [0.25, 0.3) is 0 Å². The van der Waals surface area contributed by atoms with Crippen LogP contribution in [0.2, 0.25) is 0 Å². The zero-order valence-electron chi connectivity index (χ0n) is 9.90. The van der Waals surface area contributed by atoms with Crippen LogP contribution in [0.25, 0.3) is 0 Å². The lowest BCUT2D eigenvalue weighted by Crippen LogP contribution is -2.33. The molecule has 4 nitrogen and oxygen atoms in total. The summed E-state index contributed by atoms with van der Waals surface area (Å²) in [5.74, 6) is 0. The van der Waals surface area contributed by atoms with E-state index in [-0.39, 0.29) is 6.04 Å². The van der Waals surface area contributed by atoms with E-state index in [4.69, 9.17) is 15.7 Å². The van der Waals surface area contributed by atoms with Gasteiger partial charge in [0.15, 0.2) is 0 Å². The van der Waals surface area contributed by atoms with Gasteiger partial charge in [-0.3, -0.25) is 0 Å². The minimum atomic E-state index is 0.209. The van der Waals surface area contributed by atoms with Crippen molar-refractivity contribution in [2.45, 2.75) is 13.0 Å². The molecule has 0 saturated carbocycles. The third kappa shape index (κ3) is 2.44. The number of para-hydroxylation sites is 1. The molecule has 0 fully saturated rings. The molecule has 1 unspecified atom stereocenters. The lowest BCUT2D eigenvalue weighted by molar-refractivity contribution is 0.183. The summed E-state index contributed by atoms with van der Waals surface area (Å²) >= 11 is 0. The van der Waals surface area contributed by atoms with Crippen molar-refractivity contribution in [1.29, 1.82) is 5.26 Å². The summed E-state index contributed by atoms with van der Waals surface area (Å²) < 4.78 is 5.10. The van der Waals surface area contributed by atoms with Crippen molar-refractivity contribution in [3.05, 3.63) is 23.8 Å². The Bertz CT molecular complexity index is 398. The van der Waals surface area contributed by atoms with Gasteiger partial charge in [0.05, 0.1) is 23.5 Å². The lowest BCUT2D eigenvalue weighted by Gasteiger charge is -2.27. The van der Waals surface area contributed by atoms with E-state index in [0.29, 0.717) is 17.9 Å². The monoisotopic (exact) mass is 219 g/mol. The van der Waals surface area contributed by atoms with Gasteiger partial charge >= 0.3 is 0 Å². The number of rotatable bonds is 4. The molecule has 0 saturated heterocycles. The van der Waals surface area contributed by atoms with E-state index in [1.807, 2.05) is 31.0 Å². The molecule has 1 rings (SSSR count). The topological polar surface area (TPSA) is 62.3 Å². The smallest absolute Gasteiger partial charge is 0.101 e. The summed E-state index contributed by atoms with van der Waals surface area (Å²) in [6, 6.07) is 7.74. The quantitative estimate of drug-likeness (QED) is 0.781. The number of ether oxygens (including phenoxy) is 1. The second kappa shape index (κ2) is 5.38. The summed E-state index contributed by atoms with van der Waals surface area (Å²) in [6.07, 6.45) is 0. The highest BCUT2D eigenvalue weighted by Gasteiger charge is 2.13. The molecule has 4 heteroatoms. The van der Waals surface area contributed by atoms with Gasteiger partial charge < -0.3 is 15.4 Å². The van der Waals surface area contributed by atoms with Crippen LogP contribution in [0.5, 0.6) is 0 Å². The molecule has 0 heterocycles. The Hall–Kier alpha value is -1.73. The fourth-order valence-electron chi connectivity index (χ4n) is 1.55. The summed E-state index contributed by atoms with van der Waals surface area (Å²) in [5, 5.41) is 8.89. The highest BCUT2D eigenvalue weighted by molar-refractivity contribution is 5.73. The van der Waals surface area contributed by atoms with E-state index < -0.39 is 0 Å². The molecule has 0 radical (unpaired) electrons. The van der Waals surface area contributed by atoms with Gasteiger partial charge in [-0.2, -0.15) is 5.26 Å². The van der Waals surface area contributed by atoms with Crippen LogP contribution in [0.4, 0.5) is 11.4 Å². The molecular weight excluding hydrogens is 202 g/mol. The summed E-state index contributed by atoms with van der Waals surface area (Å²) in [4.78, 5) is 2.01. The van der Waals surface area contributed by atoms with Crippen molar-refractivity contribution in [3.8, 4) is 6.07 Å². The predicted molar refractivity (Wildman–Crippen MR) is 65.3 cm³/mol. The SMILES string of the molecule is COCC(C)N(C)c1cccc(C#N)c1N. The van der Waals surface area contributed by atoms with Crippen LogP contribution in [-0.4, -0.2) is 26.8 Å². The molecule has 2 N–H and O–H groups in total. The maximum Gasteiger partial charge on any atom is 0.101 e. The number of hydrogen-bond donors (Lipinski definition) is 1. The average Bonchev–Trinajstić information content (AvgIpc) is 2.29. The standard InChI is InChI=1S/C12H17N3O/c1-9(8-16-3)15(2)11-6-4-5-10(7-13)12(11)14/h4-6,9H,8,14H2,1-3H3. The summed E-state index contributed by atoms with van der Waals surface area (Å²) in [6.45, 7) is 2.66.